The number of rotatable bonds is 16. The van der Waals surface area contributed by atoms with Crippen molar-refractivity contribution >= 4 is 29.8 Å². The average molecular weight is 975 g/mol. The summed E-state index contributed by atoms with van der Waals surface area (Å²) in [6.07, 6.45) is -13.3. The Morgan fingerprint density at radius 2 is 0.875 bits per heavy atom. The highest BCUT2D eigenvalue weighted by Crippen LogP contribution is 2.40. The van der Waals surface area contributed by atoms with Crippen LogP contribution in [0, 0.1) is 0 Å². The molecule has 15 nitrogen and oxygen atoms in total. The van der Waals surface area contributed by atoms with E-state index in [-0.39, 0.29) is 40.8 Å². The molecule has 9 rings (SSSR count). The maximum absolute atomic E-state index is 14.3. The van der Waals surface area contributed by atoms with Crippen LogP contribution >= 0.6 is 0 Å². The van der Waals surface area contributed by atoms with Gasteiger partial charge in [-0.15, -0.1) is 6.58 Å². The number of carbonyl (C=O) groups is 5. The van der Waals surface area contributed by atoms with E-state index in [0.717, 1.165) is 0 Å². The molecule has 0 aromatic heterocycles. The third-order valence-corrected chi connectivity index (χ3v) is 12.2. The Morgan fingerprint density at radius 1 is 0.458 bits per heavy atom. The molecule has 6 aromatic rings. The minimum atomic E-state index is -1.71. The summed E-state index contributed by atoms with van der Waals surface area (Å²) in [6, 6.07) is 50.0. The smallest absolute Gasteiger partial charge is 0.338 e. The standard InChI is InChI=1S/C57H50O15/c1-2-21-42-45(67-52(59)37-24-11-4-12-25-37)48(68-53(60)38-26-13-5-14-27-38)46(43(65-42)34-63-51(58)36-22-9-3-10-23-36)72-57-50(70-55(62)40-30-17-7-18-31-40)49(69-54(61)39-28-15-6-16-29-39)47-44(66-57)35-64-56(71-47)41-32-19-8-20-33-41/h2-20,22-33,42-50,56-57H,1,21,34-35H2/t42-,43-,44-,45+,46-,47+,48-,49+,50-,56+,57+/m1/s1. The van der Waals surface area contributed by atoms with Gasteiger partial charge in [0.25, 0.3) is 0 Å². The second-order valence-corrected chi connectivity index (χ2v) is 17.0. The fourth-order valence-corrected chi connectivity index (χ4v) is 8.65. The first-order chi connectivity index (χ1) is 35.2. The molecule has 0 N–H and O–H groups in total. The zero-order chi connectivity index (χ0) is 49.8. The molecule has 3 aliphatic heterocycles. The minimum absolute atomic E-state index is 0.0533. The zero-order valence-electron chi connectivity index (χ0n) is 38.7. The molecule has 3 fully saturated rings. The highest BCUT2D eigenvalue weighted by Gasteiger charge is 2.58. The molecule has 368 valence electrons. The van der Waals surface area contributed by atoms with Crippen LogP contribution in [0.25, 0.3) is 0 Å². The Labute approximate surface area is 415 Å². The van der Waals surface area contributed by atoms with Gasteiger partial charge in [-0.2, -0.15) is 0 Å². The van der Waals surface area contributed by atoms with Crippen molar-refractivity contribution in [2.75, 3.05) is 13.2 Å². The van der Waals surface area contributed by atoms with Crippen LogP contribution in [0.3, 0.4) is 0 Å². The van der Waals surface area contributed by atoms with Crippen LogP contribution in [-0.2, 0) is 47.4 Å². The van der Waals surface area contributed by atoms with Crippen molar-refractivity contribution in [1.82, 2.24) is 0 Å². The number of carbonyl (C=O) groups excluding carboxylic acids is 5. The normalized spacial score (nSPS) is 25.6. The van der Waals surface area contributed by atoms with E-state index in [0.29, 0.717) is 5.56 Å². The molecular formula is C57H50O15. The minimum Gasteiger partial charge on any atom is -0.459 e. The number of benzene rings is 6. The molecule has 11 atom stereocenters. The van der Waals surface area contributed by atoms with Gasteiger partial charge in [-0.1, -0.05) is 127 Å². The largest absolute Gasteiger partial charge is 0.459 e. The predicted octanol–water partition coefficient (Wildman–Crippen LogP) is 8.31. The first kappa shape index (κ1) is 49.2. The first-order valence-corrected chi connectivity index (χ1v) is 23.4. The van der Waals surface area contributed by atoms with Crippen LogP contribution in [0.2, 0.25) is 0 Å². The third kappa shape index (κ3) is 11.7. The number of ether oxygens (including phenoxy) is 10. The molecule has 3 heterocycles. The van der Waals surface area contributed by atoms with Crippen LogP contribution in [0.4, 0.5) is 0 Å². The van der Waals surface area contributed by atoms with Gasteiger partial charge in [0.15, 0.2) is 37.0 Å². The Balaban J connectivity index is 1.15. The molecule has 0 spiro atoms. The number of esters is 5. The monoisotopic (exact) mass is 974 g/mol. The van der Waals surface area contributed by atoms with Crippen molar-refractivity contribution in [3.8, 4) is 0 Å². The van der Waals surface area contributed by atoms with Gasteiger partial charge in [0.2, 0.25) is 0 Å². The van der Waals surface area contributed by atoms with E-state index in [1.165, 1.54) is 0 Å². The molecular weight excluding hydrogens is 925 g/mol. The second-order valence-electron chi connectivity index (χ2n) is 17.0. The maximum atomic E-state index is 14.3. The zero-order valence-corrected chi connectivity index (χ0v) is 38.7. The van der Waals surface area contributed by atoms with E-state index in [2.05, 4.69) is 6.58 Å². The van der Waals surface area contributed by atoms with Gasteiger partial charge in [-0.25, -0.2) is 24.0 Å². The lowest BCUT2D eigenvalue weighted by Crippen LogP contribution is -2.67. The highest BCUT2D eigenvalue weighted by atomic mass is 16.8. The summed E-state index contributed by atoms with van der Waals surface area (Å²) in [5.41, 5.74) is 1.54. The molecule has 0 aliphatic carbocycles. The molecule has 0 saturated carbocycles. The quantitative estimate of drug-likeness (QED) is 0.0513. The Bertz CT molecular complexity index is 2760. The van der Waals surface area contributed by atoms with Crippen LogP contribution in [0.1, 0.15) is 70.1 Å². The van der Waals surface area contributed by atoms with Crippen LogP contribution in [0.15, 0.2) is 195 Å². The summed E-state index contributed by atoms with van der Waals surface area (Å²) in [6.45, 7) is 3.28. The Morgan fingerprint density at radius 3 is 1.35 bits per heavy atom. The van der Waals surface area contributed by atoms with Crippen molar-refractivity contribution in [2.24, 2.45) is 0 Å². The van der Waals surface area contributed by atoms with Crippen molar-refractivity contribution < 1.29 is 71.3 Å². The molecule has 72 heavy (non-hydrogen) atoms. The molecule has 15 heteroatoms. The number of hydrogen-bond acceptors (Lipinski definition) is 15. The molecule has 3 aliphatic rings. The number of hydrogen-bond donors (Lipinski definition) is 0. The van der Waals surface area contributed by atoms with E-state index in [1.807, 2.05) is 30.3 Å². The van der Waals surface area contributed by atoms with E-state index in [1.54, 1.807) is 158 Å². The summed E-state index contributed by atoms with van der Waals surface area (Å²) in [5.74, 6) is -3.95. The fourth-order valence-electron chi connectivity index (χ4n) is 8.65. The predicted molar refractivity (Wildman–Crippen MR) is 256 cm³/mol. The first-order valence-electron chi connectivity index (χ1n) is 23.4. The van der Waals surface area contributed by atoms with Gasteiger partial charge >= 0.3 is 29.8 Å². The lowest BCUT2D eigenvalue weighted by molar-refractivity contribution is -0.376. The highest BCUT2D eigenvalue weighted by molar-refractivity contribution is 5.92. The second kappa shape index (κ2) is 23.4. The van der Waals surface area contributed by atoms with Gasteiger partial charge < -0.3 is 47.4 Å². The fraction of sp³-hybridized carbons (Fsp3) is 0.246. The lowest BCUT2D eigenvalue weighted by Gasteiger charge is -2.50. The van der Waals surface area contributed by atoms with Crippen molar-refractivity contribution in [1.29, 1.82) is 0 Å². The van der Waals surface area contributed by atoms with Crippen LogP contribution < -0.4 is 0 Å². The third-order valence-electron chi connectivity index (χ3n) is 12.2. The Hall–Kier alpha value is -7.79. The summed E-state index contributed by atoms with van der Waals surface area (Å²) >= 11 is 0. The molecule has 6 aromatic carbocycles. The molecule has 0 radical (unpaired) electrons. The van der Waals surface area contributed by atoms with Crippen molar-refractivity contribution in [3.05, 3.63) is 228 Å². The Kier molecular flexibility index (Phi) is 16.0. The van der Waals surface area contributed by atoms with Gasteiger partial charge in [-0.05, 0) is 67.1 Å². The number of fused-ring (bicyclic) bond motifs is 1. The molecule has 3 saturated heterocycles. The summed E-state index contributed by atoms with van der Waals surface area (Å²) in [7, 11) is 0. The van der Waals surface area contributed by atoms with Crippen LogP contribution in [-0.4, -0.2) is 104 Å². The van der Waals surface area contributed by atoms with E-state index >= 15 is 0 Å². The average Bonchev–Trinajstić information content (AvgIpc) is 3.43. The topological polar surface area (TPSA) is 178 Å². The maximum Gasteiger partial charge on any atom is 0.338 e. The lowest BCUT2D eigenvalue weighted by atomic mass is 9.91. The van der Waals surface area contributed by atoms with Crippen LogP contribution in [0.5, 0.6) is 0 Å². The van der Waals surface area contributed by atoms with E-state index < -0.39 is 104 Å². The van der Waals surface area contributed by atoms with E-state index in [4.69, 9.17) is 47.4 Å². The van der Waals surface area contributed by atoms with Gasteiger partial charge in [0.1, 0.15) is 37.1 Å². The van der Waals surface area contributed by atoms with Crippen molar-refractivity contribution in [2.45, 2.75) is 73.9 Å². The summed E-state index contributed by atoms with van der Waals surface area (Å²) in [5, 5.41) is 0. The van der Waals surface area contributed by atoms with Gasteiger partial charge in [-0.3, -0.25) is 0 Å². The van der Waals surface area contributed by atoms with Gasteiger partial charge in [0, 0.05) is 5.56 Å². The summed E-state index contributed by atoms with van der Waals surface area (Å²) in [4.78, 5) is 70.5. The molecule has 0 bridgehead atoms. The summed E-state index contributed by atoms with van der Waals surface area (Å²) < 4.78 is 64.4. The molecule has 0 amide bonds. The van der Waals surface area contributed by atoms with Crippen molar-refractivity contribution in [3.63, 3.8) is 0 Å². The SMILES string of the molecule is C=CC[C@H]1O[C@H](COC(=O)c2ccccc2)[C@@H](O[C@@H]2O[C@@H]3CO[C@H](c4ccccc4)O[C@@H]3[C@H](OC(=O)c3ccccc3)[C@H]2OC(=O)c2ccccc2)[C@H](OC(=O)c2ccccc2)[C@H]1OC(=O)c1ccccc1. The van der Waals surface area contributed by atoms with E-state index in [9.17, 15) is 24.0 Å². The molecule has 0 unspecified atom stereocenters. The van der Waals surface area contributed by atoms with Gasteiger partial charge in [0.05, 0.1) is 34.4 Å².